The number of hydrogen-bond donors (Lipinski definition) is 1. The van der Waals surface area contributed by atoms with Crippen molar-refractivity contribution in [2.45, 2.75) is 59.4 Å². The Kier molecular flexibility index (Phi) is 10.1. The van der Waals surface area contributed by atoms with Crippen LogP contribution in [0.4, 0.5) is 0 Å². The Hall–Kier alpha value is -1.10. The molecule has 0 aromatic carbocycles. The van der Waals surface area contributed by atoms with Crippen LogP contribution in [0.15, 0.2) is 0 Å². The Morgan fingerprint density at radius 3 is 2.00 bits per heavy atom. The maximum atomic E-state index is 12.3. The van der Waals surface area contributed by atoms with Gasteiger partial charge >= 0.3 is 5.97 Å². The first-order chi connectivity index (χ1) is 9.46. The monoisotopic (exact) mass is 286 g/mol. The third-order valence-corrected chi connectivity index (χ3v) is 3.51. The van der Waals surface area contributed by atoms with Crippen molar-refractivity contribution in [3.05, 3.63) is 0 Å². The minimum atomic E-state index is -0.815. The van der Waals surface area contributed by atoms with Gasteiger partial charge in [0.15, 0.2) is 0 Å². The highest BCUT2D eigenvalue weighted by atomic mass is 16.4. The lowest BCUT2D eigenvalue weighted by Gasteiger charge is -2.30. The summed E-state index contributed by atoms with van der Waals surface area (Å²) in [6.45, 7) is 10.5. The maximum absolute atomic E-state index is 12.3. The molecule has 1 unspecified atom stereocenters. The number of rotatable bonds is 11. The Balaban J connectivity index is 4.59. The smallest absolute Gasteiger partial charge is 0.304 e. The standard InChI is InChI=1S/C15H30N2O3/c1-5-9-16(10-6-2)14(18)12-17(13(4)7-3)11-8-15(19)20/h13H,5-12H2,1-4H3,(H,19,20). The van der Waals surface area contributed by atoms with Crippen LogP contribution in [0.25, 0.3) is 0 Å². The first-order valence-electron chi connectivity index (χ1n) is 7.69. The molecule has 0 radical (unpaired) electrons. The number of carboxylic acid groups (broad SMARTS) is 1. The summed E-state index contributed by atoms with van der Waals surface area (Å²) in [6, 6.07) is 0.225. The van der Waals surface area contributed by atoms with Crippen molar-refractivity contribution in [3.63, 3.8) is 0 Å². The van der Waals surface area contributed by atoms with Gasteiger partial charge < -0.3 is 10.0 Å². The van der Waals surface area contributed by atoms with E-state index in [1.807, 2.05) is 16.7 Å². The molecule has 0 heterocycles. The van der Waals surface area contributed by atoms with Gasteiger partial charge in [-0.2, -0.15) is 0 Å². The fraction of sp³-hybridized carbons (Fsp3) is 0.867. The molecule has 0 aliphatic heterocycles. The van der Waals surface area contributed by atoms with Gasteiger partial charge in [-0.15, -0.1) is 0 Å². The van der Waals surface area contributed by atoms with Crippen molar-refractivity contribution >= 4 is 11.9 Å². The molecule has 1 amide bonds. The zero-order valence-electron chi connectivity index (χ0n) is 13.4. The summed E-state index contributed by atoms with van der Waals surface area (Å²) in [5.41, 5.74) is 0. The largest absolute Gasteiger partial charge is 0.481 e. The molecule has 5 nitrogen and oxygen atoms in total. The van der Waals surface area contributed by atoms with E-state index in [-0.39, 0.29) is 18.4 Å². The SMILES string of the molecule is CCCN(CCC)C(=O)CN(CCC(=O)O)C(C)CC. The van der Waals surface area contributed by atoms with Gasteiger partial charge in [-0.1, -0.05) is 20.8 Å². The Morgan fingerprint density at radius 2 is 1.60 bits per heavy atom. The van der Waals surface area contributed by atoms with E-state index in [4.69, 9.17) is 5.11 Å². The van der Waals surface area contributed by atoms with Gasteiger partial charge in [-0.3, -0.25) is 14.5 Å². The normalized spacial score (nSPS) is 12.4. The lowest BCUT2D eigenvalue weighted by Crippen LogP contribution is -2.44. The Labute approximate surface area is 122 Å². The number of aliphatic carboxylic acids is 1. The first-order valence-corrected chi connectivity index (χ1v) is 7.69. The summed E-state index contributed by atoms with van der Waals surface area (Å²) in [5, 5.41) is 8.81. The highest BCUT2D eigenvalue weighted by Crippen LogP contribution is 2.06. The molecule has 0 spiro atoms. The van der Waals surface area contributed by atoms with E-state index in [1.165, 1.54) is 0 Å². The minimum absolute atomic E-state index is 0.0825. The van der Waals surface area contributed by atoms with E-state index in [1.54, 1.807) is 0 Å². The van der Waals surface area contributed by atoms with Crippen LogP contribution in [0.3, 0.4) is 0 Å². The van der Waals surface area contributed by atoms with E-state index < -0.39 is 5.97 Å². The molecule has 0 saturated heterocycles. The highest BCUT2D eigenvalue weighted by Gasteiger charge is 2.20. The van der Waals surface area contributed by atoms with Crippen LogP contribution in [0.2, 0.25) is 0 Å². The number of carbonyl (C=O) groups excluding carboxylic acids is 1. The molecule has 20 heavy (non-hydrogen) atoms. The van der Waals surface area contributed by atoms with Crippen molar-refractivity contribution in [1.29, 1.82) is 0 Å². The molecule has 0 bridgehead atoms. The van der Waals surface area contributed by atoms with Crippen LogP contribution in [-0.4, -0.2) is 59.0 Å². The van der Waals surface area contributed by atoms with Crippen molar-refractivity contribution in [2.24, 2.45) is 0 Å². The third kappa shape index (κ3) is 7.48. The molecule has 0 saturated carbocycles. The molecule has 118 valence electrons. The lowest BCUT2D eigenvalue weighted by atomic mass is 10.2. The molecule has 0 aromatic heterocycles. The van der Waals surface area contributed by atoms with Gasteiger partial charge in [0.1, 0.15) is 0 Å². The quantitative estimate of drug-likeness (QED) is 0.632. The topological polar surface area (TPSA) is 60.9 Å². The average molecular weight is 286 g/mol. The number of hydrogen-bond acceptors (Lipinski definition) is 3. The van der Waals surface area contributed by atoms with Crippen LogP contribution in [-0.2, 0) is 9.59 Å². The fourth-order valence-corrected chi connectivity index (χ4v) is 2.13. The van der Waals surface area contributed by atoms with E-state index in [0.717, 1.165) is 32.4 Å². The van der Waals surface area contributed by atoms with Crippen molar-refractivity contribution in [1.82, 2.24) is 9.80 Å². The minimum Gasteiger partial charge on any atom is -0.481 e. The number of carbonyl (C=O) groups is 2. The molecule has 0 rings (SSSR count). The summed E-state index contributed by atoms with van der Waals surface area (Å²) in [5.74, 6) is -0.705. The Morgan fingerprint density at radius 1 is 1.05 bits per heavy atom. The second-order valence-corrected chi connectivity index (χ2v) is 5.25. The summed E-state index contributed by atoms with van der Waals surface area (Å²) in [4.78, 5) is 26.9. The molecule has 0 aliphatic rings. The molecule has 5 heteroatoms. The number of nitrogens with zero attached hydrogens (tertiary/aromatic N) is 2. The second-order valence-electron chi connectivity index (χ2n) is 5.25. The van der Waals surface area contributed by atoms with Crippen LogP contribution in [0, 0.1) is 0 Å². The maximum Gasteiger partial charge on any atom is 0.304 e. The first kappa shape index (κ1) is 18.9. The predicted octanol–water partition coefficient (Wildman–Crippen LogP) is 2.21. The highest BCUT2D eigenvalue weighted by molar-refractivity contribution is 5.78. The van der Waals surface area contributed by atoms with Crippen molar-refractivity contribution in [3.8, 4) is 0 Å². The van der Waals surface area contributed by atoms with Crippen LogP contribution in [0.1, 0.15) is 53.4 Å². The Bertz CT molecular complexity index is 289. The van der Waals surface area contributed by atoms with Gasteiger partial charge in [0.25, 0.3) is 0 Å². The average Bonchev–Trinajstić information content (AvgIpc) is 2.41. The zero-order valence-corrected chi connectivity index (χ0v) is 13.4. The fourth-order valence-electron chi connectivity index (χ4n) is 2.13. The van der Waals surface area contributed by atoms with Gasteiger partial charge in [-0.05, 0) is 26.2 Å². The van der Waals surface area contributed by atoms with Crippen LogP contribution in [0.5, 0.6) is 0 Å². The van der Waals surface area contributed by atoms with Crippen LogP contribution >= 0.6 is 0 Å². The second kappa shape index (κ2) is 10.7. The molecule has 0 aromatic rings. The summed E-state index contributed by atoms with van der Waals surface area (Å²) < 4.78 is 0. The van der Waals surface area contributed by atoms with E-state index in [2.05, 4.69) is 20.8 Å². The molecule has 0 fully saturated rings. The van der Waals surface area contributed by atoms with Gasteiger partial charge in [-0.25, -0.2) is 0 Å². The van der Waals surface area contributed by atoms with Crippen LogP contribution < -0.4 is 0 Å². The van der Waals surface area contributed by atoms with E-state index in [0.29, 0.717) is 13.1 Å². The third-order valence-electron chi connectivity index (χ3n) is 3.51. The van der Waals surface area contributed by atoms with Gasteiger partial charge in [0, 0.05) is 25.7 Å². The van der Waals surface area contributed by atoms with E-state index in [9.17, 15) is 9.59 Å². The zero-order chi connectivity index (χ0) is 15.5. The summed E-state index contributed by atoms with van der Waals surface area (Å²) >= 11 is 0. The van der Waals surface area contributed by atoms with Crippen molar-refractivity contribution < 1.29 is 14.7 Å². The van der Waals surface area contributed by atoms with Crippen molar-refractivity contribution in [2.75, 3.05) is 26.2 Å². The summed E-state index contributed by atoms with van der Waals surface area (Å²) in [7, 11) is 0. The predicted molar refractivity (Wildman–Crippen MR) is 80.7 cm³/mol. The molecular weight excluding hydrogens is 256 g/mol. The molecule has 1 N–H and O–H groups in total. The van der Waals surface area contributed by atoms with Gasteiger partial charge in [0.05, 0.1) is 13.0 Å². The van der Waals surface area contributed by atoms with E-state index >= 15 is 0 Å². The lowest BCUT2D eigenvalue weighted by molar-refractivity contribution is -0.139. The number of carboxylic acids is 1. The summed E-state index contributed by atoms with van der Waals surface area (Å²) in [6.07, 6.45) is 2.89. The molecule has 0 aliphatic carbocycles. The molecular formula is C15H30N2O3. The molecule has 1 atom stereocenters. The van der Waals surface area contributed by atoms with Gasteiger partial charge in [0.2, 0.25) is 5.91 Å². The number of amides is 1.